The second kappa shape index (κ2) is 12.9. The molecule has 3 saturated heterocycles. The molecule has 2 N–H and O–H groups in total. The fourth-order valence-corrected chi connectivity index (χ4v) is 8.72. The largest absolute Gasteiger partial charge is 0.471 e. The van der Waals surface area contributed by atoms with Crippen molar-refractivity contribution >= 4 is 48.9 Å². The van der Waals surface area contributed by atoms with Crippen LogP contribution in [-0.2, 0) is 15.7 Å². The lowest BCUT2D eigenvalue weighted by molar-refractivity contribution is -0.137. The average molecular weight is 729 g/mol. The van der Waals surface area contributed by atoms with Crippen molar-refractivity contribution in [2.24, 2.45) is 0 Å². The third-order valence-electron chi connectivity index (χ3n) is 10.3. The lowest BCUT2D eigenvalue weighted by Gasteiger charge is -2.31. The minimum absolute atomic E-state index is 0.0183. The van der Waals surface area contributed by atoms with Gasteiger partial charge in [-0.15, -0.1) is 11.3 Å². The van der Waals surface area contributed by atoms with Crippen LogP contribution in [0.3, 0.4) is 0 Å². The van der Waals surface area contributed by atoms with Crippen molar-refractivity contribution in [2.75, 3.05) is 39.1 Å². The van der Waals surface area contributed by atoms with Gasteiger partial charge in [-0.05, 0) is 56.5 Å². The van der Waals surface area contributed by atoms with Gasteiger partial charge in [-0.2, -0.15) is 23.1 Å². The summed E-state index contributed by atoms with van der Waals surface area (Å²) in [6, 6.07) is 1.77. The zero-order valence-corrected chi connectivity index (χ0v) is 28.5. The molecule has 0 bridgehead atoms. The molecule has 7 rings (SSSR count). The van der Waals surface area contributed by atoms with Gasteiger partial charge in [0.1, 0.15) is 24.0 Å². The first-order chi connectivity index (χ1) is 24.3. The third kappa shape index (κ3) is 5.81. The van der Waals surface area contributed by atoms with Crippen LogP contribution in [0.25, 0.3) is 37.0 Å². The number of hydrogen-bond acceptors (Lipinski definition) is 9. The van der Waals surface area contributed by atoms with Crippen molar-refractivity contribution in [3.8, 4) is 23.0 Å². The summed E-state index contributed by atoms with van der Waals surface area (Å²) < 4.78 is 94.6. The van der Waals surface area contributed by atoms with Crippen LogP contribution in [0.5, 0.6) is 11.9 Å². The lowest BCUT2D eigenvalue weighted by atomic mass is 9.93. The maximum Gasteiger partial charge on any atom is 0.417 e. The summed E-state index contributed by atoms with van der Waals surface area (Å²) in [5, 5.41) is -0.738. The number of anilines is 1. The van der Waals surface area contributed by atoms with E-state index in [1.165, 1.54) is 4.90 Å². The normalized spacial score (nSPS) is 23.6. The number of rotatable bonds is 8. The highest BCUT2D eigenvalue weighted by Gasteiger charge is 2.49. The molecule has 3 aliphatic heterocycles. The molecule has 4 unspecified atom stereocenters. The molecule has 16 heteroatoms. The van der Waals surface area contributed by atoms with Crippen molar-refractivity contribution in [1.82, 2.24) is 19.8 Å². The molecule has 1 amide bonds. The molecule has 2 aromatic carbocycles. The number of ether oxygens (including phenoxy) is 3. The molecule has 3 aliphatic rings. The Kier molecular flexibility index (Phi) is 8.79. The predicted octanol–water partition coefficient (Wildman–Crippen LogP) is 7.13. The van der Waals surface area contributed by atoms with Crippen LogP contribution >= 0.6 is 11.3 Å². The number of likely N-dealkylation sites (tertiary alicyclic amines) is 1. The topological polar surface area (TPSA) is 107 Å². The smallest absolute Gasteiger partial charge is 0.417 e. The summed E-state index contributed by atoms with van der Waals surface area (Å²) in [6.45, 7) is 14.8. The molecule has 51 heavy (non-hydrogen) atoms. The Morgan fingerprint density at radius 3 is 2.76 bits per heavy atom. The van der Waals surface area contributed by atoms with E-state index in [0.29, 0.717) is 43.3 Å². The maximum atomic E-state index is 17.0. The average Bonchev–Trinajstić information content (AvgIpc) is 3.85. The molecule has 0 saturated carbocycles. The molecule has 2 aromatic heterocycles. The number of amides is 1. The zero-order chi connectivity index (χ0) is 36.4. The monoisotopic (exact) mass is 728 g/mol. The molecular weight excluding hydrogens is 695 g/mol. The fraction of sp³-hybridized carbons (Fsp3) is 0.429. The Hall–Kier alpha value is -4.59. The summed E-state index contributed by atoms with van der Waals surface area (Å²) in [4.78, 5) is 28.3. The van der Waals surface area contributed by atoms with Crippen molar-refractivity contribution in [2.45, 2.75) is 62.6 Å². The number of fused-ring (bicyclic) bond motifs is 3. The SMILES string of the molecule is [C-]#[N+]c1c(N)sc2c(F)ccc(-c3c(C(F)(F)F)cc4c(OC5CCN(C(=O)C=C)C5C)nc(OCC56CCCN5CC(OC)C6)nc4c3F)c12. The number of carbonyl (C=O) groups excluding carboxylic acids is 1. The number of benzene rings is 2. The number of aromatic nitrogens is 2. The van der Waals surface area contributed by atoms with Gasteiger partial charge >= 0.3 is 12.2 Å². The van der Waals surface area contributed by atoms with Crippen LogP contribution in [0, 0.1) is 18.2 Å². The van der Waals surface area contributed by atoms with Crippen molar-refractivity contribution < 1.29 is 41.0 Å². The van der Waals surface area contributed by atoms with Gasteiger partial charge in [0.2, 0.25) is 17.5 Å². The van der Waals surface area contributed by atoms with Gasteiger partial charge in [0.15, 0.2) is 5.82 Å². The van der Waals surface area contributed by atoms with E-state index in [4.69, 9.17) is 26.5 Å². The number of nitrogens with zero attached hydrogens (tertiary/aromatic N) is 5. The third-order valence-corrected chi connectivity index (χ3v) is 11.4. The first kappa shape index (κ1) is 34.8. The first-order valence-corrected chi connectivity index (χ1v) is 17.1. The highest BCUT2D eigenvalue weighted by molar-refractivity contribution is 7.23. The highest BCUT2D eigenvalue weighted by atomic mass is 32.1. The van der Waals surface area contributed by atoms with Crippen LogP contribution in [0.4, 0.5) is 32.6 Å². The van der Waals surface area contributed by atoms with Gasteiger partial charge in [0, 0.05) is 37.6 Å². The zero-order valence-electron chi connectivity index (χ0n) is 27.6. The summed E-state index contributed by atoms with van der Waals surface area (Å²) in [5.74, 6) is -2.91. The minimum Gasteiger partial charge on any atom is -0.471 e. The van der Waals surface area contributed by atoms with E-state index in [0.717, 1.165) is 37.6 Å². The van der Waals surface area contributed by atoms with Crippen molar-refractivity contribution in [1.29, 1.82) is 0 Å². The lowest BCUT2D eigenvalue weighted by Crippen LogP contribution is -2.43. The van der Waals surface area contributed by atoms with Gasteiger partial charge in [0.05, 0.1) is 44.9 Å². The Morgan fingerprint density at radius 2 is 2.06 bits per heavy atom. The van der Waals surface area contributed by atoms with Crippen molar-refractivity contribution in [3.05, 3.63) is 59.5 Å². The number of nitrogens with two attached hydrogens (primary N) is 1. The van der Waals surface area contributed by atoms with Gasteiger partial charge in [-0.25, -0.2) is 13.6 Å². The Morgan fingerprint density at radius 1 is 1.27 bits per heavy atom. The van der Waals surface area contributed by atoms with Gasteiger partial charge in [0.25, 0.3) is 0 Å². The maximum absolute atomic E-state index is 17.0. The predicted molar refractivity (Wildman–Crippen MR) is 181 cm³/mol. The molecule has 4 atom stereocenters. The number of nitrogen functional groups attached to an aromatic ring is 1. The van der Waals surface area contributed by atoms with Gasteiger partial charge in [-0.3, -0.25) is 9.69 Å². The van der Waals surface area contributed by atoms with Crippen LogP contribution in [0.15, 0.2) is 30.9 Å². The quantitative estimate of drug-likeness (QED) is 0.116. The number of halogens is 5. The second-order valence-electron chi connectivity index (χ2n) is 13.1. The van der Waals surface area contributed by atoms with E-state index in [2.05, 4.69) is 26.3 Å². The molecular formula is C35H33F5N6O4S. The number of carbonyl (C=O) groups is 1. The van der Waals surface area contributed by atoms with E-state index in [1.807, 2.05) is 0 Å². The van der Waals surface area contributed by atoms with Crippen LogP contribution in [-0.4, -0.2) is 82.8 Å². The number of methoxy groups -OCH3 is 1. The highest BCUT2D eigenvalue weighted by Crippen LogP contribution is 2.51. The Balaban J connectivity index is 1.41. The van der Waals surface area contributed by atoms with E-state index >= 15 is 4.39 Å². The molecule has 0 radical (unpaired) electrons. The van der Waals surface area contributed by atoms with Gasteiger partial charge in [-0.1, -0.05) is 12.6 Å². The summed E-state index contributed by atoms with van der Waals surface area (Å²) in [5.41, 5.74) is 2.02. The summed E-state index contributed by atoms with van der Waals surface area (Å²) >= 11 is 0.688. The summed E-state index contributed by atoms with van der Waals surface area (Å²) in [6.07, 6.45) is -1.98. The molecule has 10 nitrogen and oxygen atoms in total. The molecule has 0 spiro atoms. The molecule has 268 valence electrons. The van der Waals surface area contributed by atoms with E-state index in [9.17, 15) is 22.4 Å². The van der Waals surface area contributed by atoms with Crippen LogP contribution < -0.4 is 15.2 Å². The van der Waals surface area contributed by atoms with Crippen LogP contribution in [0.1, 0.15) is 38.2 Å². The number of hydrogen-bond donors (Lipinski definition) is 1. The fourth-order valence-electron chi connectivity index (χ4n) is 7.78. The standard InChI is InChI=1S/C35H33F5N6O4S/c1-5-24(47)46-12-9-23(17(46)2)50-32-20-13-21(35(38,39)40)25(19-7-8-22(36)30-26(19)29(42-3)31(41)51-30)27(37)28(20)43-33(44-32)49-16-34-10-6-11-45(34)15-18(14-34)48-4/h5,7-8,13,17-18,23H,1,6,9-12,14-16,41H2,2,4H3. The Bertz CT molecular complexity index is 2120. The van der Waals surface area contributed by atoms with E-state index in [-0.39, 0.29) is 62.2 Å². The molecule has 3 fully saturated rings. The molecule has 5 heterocycles. The first-order valence-electron chi connectivity index (χ1n) is 16.3. The molecule has 0 aliphatic carbocycles. The van der Waals surface area contributed by atoms with E-state index < -0.39 is 52.1 Å². The van der Waals surface area contributed by atoms with E-state index in [1.54, 1.807) is 14.0 Å². The minimum atomic E-state index is -5.13. The van der Waals surface area contributed by atoms with Gasteiger partial charge < -0.3 is 24.8 Å². The second-order valence-corrected chi connectivity index (χ2v) is 14.1. The van der Waals surface area contributed by atoms with Crippen LogP contribution in [0.2, 0.25) is 0 Å². The Labute approximate surface area is 293 Å². The molecule has 4 aromatic rings. The summed E-state index contributed by atoms with van der Waals surface area (Å²) in [7, 11) is 1.64. The van der Waals surface area contributed by atoms with Crippen molar-refractivity contribution in [3.63, 3.8) is 0 Å². The number of alkyl halides is 3. The number of thiophene rings is 1.